The van der Waals surface area contributed by atoms with Gasteiger partial charge in [-0.15, -0.1) is 0 Å². The molecule has 0 fully saturated rings. The molecule has 4 aromatic rings. The Hall–Kier alpha value is -2.26. The molecule has 0 saturated heterocycles. The SMILES string of the molecule is FC(F)OCc1cc2cccc3ccc4cccc1c4c32. The van der Waals surface area contributed by atoms with Gasteiger partial charge in [0, 0.05) is 0 Å². The Labute approximate surface area is 120 Å². The topological polar surface area (TPSA) is 9.23 Å². The summed E-state index contributed by atoms with van der Waals surface area (Å²) in [5, 5.41) is 6.64. The van der Waals surface area contributed by atoms with Gasteiger partial charge in [0.05, 0.1) is 6.61 Å². The fourth-order valence-electron chi connectivity index (χ4n) is 3.11. The molecule has 0 unspecified atom stereocenters. The molecule has 0 heterocycles. The lowest BCUT2D eigenvalue weighted by Gasteiger charge is -2.14. The molecule has 0 atom stereocenters. The van der Waals surface area contributed by atoms with Crippen molar-refractivity contribution in [1.82, 2.24) is 0 Å². The molecule has 0 aliphatic rings. The number of hydrogen-bond acceptors (Lipinski definition) is 1. The number of ether oxygens (including phenoxy) is 1. The molecule has 0 N–H and O–H groups in total. The predicted octanol–water partition coefficient (Wildman–Crippen LogP) is 5.32. The van der Waals surface area contributed by atoms with E-state index in [9.17, 15) is 8.78 Å². The third kappa shape index (κ3) is 1.93. The molecule has 0 aliphatic heterocycles. The van der Waals surface area contributed by atoms with Crippen LogP contribution in [0.2, 0.25) is 0 Å². The van der Waals surface area contributed by atoms with Crippen LogP contribution in [0.4, 0.5) is 8.78 Å². The Balaban J connectivity index is 2.10. The third-order valence-corrected chi connectivity index (χ3v) is 3.96. The second-order valence-electron chi connectivity index (χ2n) is 5.16. The third-order valence-electron chi connectivity index (χ3n) is 3.96. The Bertz CT molecular complexity index is 930. The highest BCUT2D eigenvalue weighted by atomic mass is 19.3. The summed E-state index contributed by atoms with van der Waals surface area (Å²) in [6.45, 7) is -2.83. The van der Waals surface area contributed by atoms with Crippen LogP contribution >= 0.6 is 0 Å². The highest BCUT2D eigenvalue weighted by Crippen LogP contribution is 2.36. The number of rotatable bonds is 3. The molecule has 4 rings (SSSR count). The smallest absolute Gasteiger partial charge is 0.318 e. The minimum Gasteiger partial charge on any atom is -0.318 e. The van der Waals surface area contributed by atoms with Gasteiger partial charge in [-0.05, 0) is 43.9 Å². The van der Waals surface area contributed by atoms with Gasteiger partial charge in [-0.3, -0.25) is 0 Å². The summed E-state index contributed by atoms with van der Waals surface area (Å²) in [7, 11) is 0. The van der Waals surface area contributed by atoms with E-state index in [2.05, 4.69) is 22.9 Å². The van der Waals surface area contributed by atoms with E-state index in [1.165, 1.54) is 5.39 Å². The number of benzene rings is 4. The molecule has 1 nitrogen and oxygen atoms in total. The van der Waals surface area contributed by atoms with Crippen molar-refractivity contribution in [2.75, 3.05) is 0 Å². The molecular weight excluding hydrogens is 270 g/mol. The monoisotopic (exact) mass is 282 g/mol. The molecule has 0 saturated carbocycles. The van der Waals surface area contributed by atoms with Crippen LogP contribution in [-0.4, -0.2) is 6.61 Å². The summed E-state index contributed by atoms with van der Waals surface area (Å²) >= 11 is 0. The van der Waals surface area contributed by atoms with Crippen molar-refractivity contribution in [3.05, 3.63) is 60.2 Å². The summed E-state index contributed by atoms with van der Waals surface area (Å²) in [5.74, 6) is 0. The van der Waals surface area contributed by atoms with Crippen molar-refractivity contribution in [3.8, 4) is 0 Å². The Morgan fingerprint density at radius 2 is 1.48 bits per heavy atom. The van der Waals surface area contributed by atoms with Crippen molar-refractivity contribution >= 4 is 32.3 Å². The van der Waals surface area contributed by atoms with Crippen LogP contribution < -0.4 is 0 Å². The predicted molar refractivity (Wildman–Crippen MR) is 80.9 cm³/mol. The standard InChI is InChI=1S/C18H12F2O/c19-18(20)21-10-14-9-13-5-1-3-11-7-8-12-4-2-6-15(14)17(12)16(11)13/h1-9,18H,10H2. The fourth-order valence-corrected chi connectivity index (χ4v) is 3.11. The van der Waals surface area contributed by atoms with Crippen LogP contribution in [0, 0.1) is 0 Å². The summed E-state index contributed by atoms with van der Waals surface area (Å²) < 4.78 is 29.2. The minimum absolute atomic E-state index is 0.0818. The zero-order valence-electron chi connectivity index (χ0n) is 11.1. The first-order chi connectivity index (χ1) is 10.2. The molecule has 0 spiro atoms. The Morgan fingerprint density at radius 3 is 2.24 bits per heavy atom. The molecule has 0 aliphatic carbocycles. The zero-order chi connectivity index (χ0) is 14.4. The van der Waals surface area contributed by atoms with Gasteiger partial charge in [0.2, 0.25) is 0 Å². The van der Waals surface area contributed by atoms with Gasteiger partial charge in [-0.1, -0.05) is 48.5 Å². The van der Waals surface area contributed by atoms with Gasteiger partial charge in [-0.25, -0.2) is 0 Å². The number of alkyl halides is 2. The average Bonchev–Trinajstić information content (AvgIpc) is 2.51. The molecular formula is C18H12F2O. The fraction of sp³-hybridized carbons (Fsp3) is 0.111. The van der Waals surface area contributed by atoms with E-state index in [0.29, 0.717) is 0 Å². The van der Waals surface area contributed by atoms with Gasteiger partial charge in [0.25, 0.3) is 0 Å². The van der Waals surface area contributed by atoms with Crippen LogP contribution in [0.3, 0.4) is 0 Å². The van der Waals surface area contributed by atoms with E-state index in [-0.39, 0.29) is 6.61 Å². The van der Waals surface area contributed by atoms with E-state index in [1.54, 1.807) is 0 Å². The van der Waals surface area contributed by atoms with Crippen molar-refractivity contribution in [2.24, 2.45) is 0 Å². The second-order valence-corrected chi connectivity index (χ2v) is 5.16. The molecule has 0 amide bonds. The first kappa shape index (κ1) is 12.5. The molecule has 0 radical (unpaired) electrons. The summed E-state index contributed by atoms with van der Waals surface area (Å²) in [5.41, 5.74) is 0.798. The summed E-state index contributed by atoms with van der Waals surface area (Å²) in [6.07, 6.45) is 0. The van der Waals surface area contributed by atoms with Crippen molar-refractivity contribution in [3.63, 3.8) is 0 Å². The van der Waals surface area contributed by atoms with Crippen molar-refractivity contribution in [2.45, 2.75) is 13.2 Å². The second kappa shape index (κ2) is 4.64. The Morgan fingerprint density at radius 1 is 0.810 bits per heavy atom. The quantitative estimate of drug-likeness (QED) is 0.462. The molecule has 21 heavy (non-hydrogen) atoms. The van der Waals surface area contributed by atoms with Crippen molar-refractivity contribution < 1.29 is 13.5 Å². The highest BCUT2D eigenvalue weighted by molar-refractivity contribution is 6.23. The van der Waals surface area contributed by atoms with E-state index >= 15 is 0 Å². The zero-order valence-corrected chi connectivity index (χ0v) is 11.1. The number of halogens is 2. The van der Waals surface area contributed by atoms with Crippen LogP contribution in [0.5, 0.6) is 0 Å². The average molecular weight is 282 g/mol. The highest BCUT2D eigenvalue weighted by Gasteiger charge is 2.12. The maximum Gasteiger partial charge on any atom is 0.345 e. The maximum absolute atomic E-state index is 12.4. The van der Waals surface area contributed by atoms with Gasteiger partial charge in [0.15, 0.2) is 0 Å². The molecule has 0 aromatic heterocycles. The first-order valence-electron chi connectivity index (χ1n) is 6.79. The minimum atomic E-state index is -2.75. The number of hydrogen-bond donors (Lipinski definition) is 0. The molecule has 4 aromatic carbocycles. The van der Waals surface area contributed by atoms with Gasteiger partial charge >= 0.3 is 6.61 Å². The molecule has 0 bridgehead atoms. The van der Waals surface area contributed by atoms with Gasteiger partial charge < -0.3 is 4.74 Å². The largest absolute Gasteiger partial charge is 0.345 e. The van der Waals surface area contributed by atoms with Crippen LogP contribution in [0.25, 0.3) is 32.3 Å². The van der Waals surface area contributed by atoms with E-state index in [4.69, 9.17) is 0 Å². The Kier molecular flexibility index (Phi) is 2.76. The molecule has 3 heteroatoms. The van der Waals surface area contributed by atoms with E-state index in [0.717, 1.165) is 32.5 Å². The van der Waals surface area contributed by atoms with Gasteiger partial charge in [-0.2, -0.15) is 8.78 Å². The summed E-state index contributed by atoms with van der Waals surface area (Å²) in [4.78, 5) is 0. The van der Waals surface area contributed by atoms with E-state index in [1.807, 2.05) is 36.4 Å². The lowest BCUT2D eigenvalue weighted by Crippen LogP contribution is -2.00. The normalized spacial score (nSPS) is 12.1. The van der Waals surface area contributed by atoms with Crippen LogP contribution in [-0.2, 0) is 11.3 Å². The van der Waals surface area contributed by atoms with E-state index < -0.39 is 6.61 Å². The lowest BCUT2D eigenvalue weighted by molar-refractivity contribution is -0.136. The van der Waals surface area contributed by atoms with Gasteiger partial charge in [0.1, 0.15) is 0 Å². The maximum atomic E-state index is 12.4. The molecule has 104 valence electrons. The van der Waals surface area contributed by atoms with Crippen LogP contribution in [0.1, 0.15) is 5.56 Å². The summed E-state index contributed by atoms with van der Waals surface area (Å²) in [6, 6.07) is 18.2. The lowest BCUT2D eigenvalue weighted by atomic mass is 9.91. The van der Waals surface area contributed by atoms with Crippen LogP contribution in [0.15, 0.2) is 54.6 Å². The first-order valence-corrected chi connectivity index (χ1v) is 6.79. The van der Waals surface area contributed by atoms with Crippen molar-refractivity contribution in [1.29, 1.82) is 0 Å².